The molecule has 0 fully saturated rings. The number of nitrogens with one attached hydrogen (secondary N) is 2. The molecule has 0 atom stereocenters. The second-order valence-electron chi connectivity index (χ2n) is 5.34. The van der Waals surface area contributed by atoms with Gasteiger partial charge in [-0.05, 0) is 29.8 Å². The van der Waals surface area contributed by atoms with E-state index in [1.165, 1.54) is 13.3 Å². The van der Waals surface area contributed by atoms with Gasteiger partial charge in [-0.1, -0.05) is 12.1 Å². The lowest BCUT2D eigenvalue weighted by Crippen LogP contribution is -2.37. The predicted molar refractivity (Wildman–Crippen MR) is 100 cm³/mol. The molecule has 0 saturated heterocycles. The molecule has 142 valence electrons. The quantitative estimate of drug-likeness (QED) is 0.436. The van der Waals surface area contributed by atoms with Crippen molar-refractivity contribution in [2.24, 2.45) is 5.10 Å². The van der Waals surface area contributed by atoms with Crippen LogP contribution in [-0.2, 0) is 16.1 Å². The Morgan fingerprint density at radius 2 is 1.59 bits per heavy atom. The lowest BCUT2D eigenvalue weighted by molar-refractivity contribution is -0.139. The van der Waals surface area contributed by atoms with Crippen molar-refractivity contribution in [3.05, 3.63) is 53.6 Å². The van der Waals surface area contributed by atoms with Gasteiger partial charge in [0.1, 0.15) is 17.2 Å². The number of hydrazone groups is 1. The summed E-state index contributed by atoms with van der Waals surface area (Å²) in [4.78, 5) is 23.6. The molecule has 2 N–H and O–H groups in total. The number of carbonyl (C=O) groups is 2. The number of rotatable bonds is 7. The van der Waals surface area contributed by atoms with E-state index in [0.29, 0.717) is 22.8 Å². The summed E-state index contributed by atoms with van der Waals surface area (Å²) < 4.78 is 15.4. The molecule has 0 heterocycles. The van der Waals surface area contributed by atoms with E-state index in [9.17, 15) is 9.59 Å². The fourth-order valence-electron chi connectivity index (χ4n) is 2.14. The maximum atomic E-state index is 11.8. The van der Waals surface area contributed by atoms with Crippen LogP contribution in [0.25, 0.3) is 0 Å². The first-order valence-corrected chi connectivity index (χ1v) is 8.03. The molecule has 0 aliphatic rings. The average Bonchev–Trinajstić information content (AvgIpc) is 2.72. The van der Waals surface area contributed by atoms with Crippen LogP contribution in [0.1, 0.15) is 11.1 Å². The molecule has 2 amide bonds. The lowest BCUT2D eigenvalue weighted by Gasteiger charge is -2.07. The van der Waals surface area contributed by atoms with Gasteiger partial charge in [-0.3, -0.25) is 9.59 Å². The molecule has 0 aliphatic heterocycles. The Kier molecular flexibility index (Phi) is 7.18. The van der Waals surface area contributed by atoms with E-state index in [4.69, 9.17) is 14.2 Å². The number of carbonyl (C=O) groups excluding carboxylic acids is 2. The van der Waals surface area contributed by atoms with E-state index < -0.39 is 11.8 Å². The van der Waals surface area contributed by atoms with E-state index in [0.717, 1.165) is 5.56 Å². The Morgan fingerprint density at radius 3 is 2.22 bits per heavy atom. The van der Waals surface area contributed by atoms with Gasteiger partial charge in [-0.2, -0.15) is 5.10 Å². The Labute approximate surface area is 157 Å². The highest BCUT2D eigenvalue weighted by atomic mass is 16.5. The van der Waals surface area contributed by atoms with Gasteiger partial charge in [0.05, 0.1) is 27.5 Å². The van der Waals surface area contributed by atoms with E-state index in [2.05, 4.69) is 15.8 Å². The number of nitrogens with zero attached hydrogens (tertiary/aromatic N) is 1. The van der Waals surface area contributed by atoms with E-state index in [1.54, 1.807) is 56.7 Å². The molecule has 8 heteroatoms. The average molecular weight is 371 g/mol. The summed E-state index contributed by atoms with van der Waals surface area (Å²) in [6, 6.07) is 12.3. The van der Waals surface area contributed by atoms with Crippen molar-refractivity contribution >= 4 is 18.0 Å². The first kappa shape index (κ1) is 19.8. The van der Waals surface area contributed by atoms with Gasteiger partial charge in [-0.25, -0.2) is 5.43 Å². The van der Waals surface area contributed by atoms with E-state index >= 15 is 0 Å². The molecular formula is C19H21N3O5. The van der Waals surface area contributed by atoms with Crippen molar-refractivity contribution in [1.82, 2.24) is 10.7 Å². The largest absolute Gasteiger partial charge is 0.497 e. The molecule has 8 nitrogen and oxygen atoms in total. The summed E-state index contributed by atoms with van der Waals surface area (Å²) in [5, 5.41) is 6.30. The van der Waals surface area contributed by atoms with Crippen LogP contribution in [0.15, 0.2) is 47.6 Å². The maximum Gasteiger partial charge on any atom is 0.329 e. The van der Waals surface area contributed by atoms with Gasteiger partial charge in [-0.15, -0.1) is 0 Å². The van der Waals surface area contributed by atoms with E-state index in [1.807, 2.05) is 0 Å². The van der Waals surface area contributed by atoms with Crippen molar-refractivity contribution < 1.29 is 23.8 Å². The number of hydrogen-bond donors (Lipinski definition) is 2. The molecule has 0 aliphatic carbocycles. The molecule has 27 heavy (non-hydrogen) atoms. The minimum absolute atomic E-state index is 0.215. The van der Waals surface area contributed by atoms with E-state index in [-0.39, 0.29) is 6.54 Å². The standard InChI is InChI=1S/C19H21N3O5/c1-25-15-7-4-13(5-8-15)11-20-18(23)19(24)22-21-12-14-6-9-16(26-2)10-17(14)27-3/h4-10,12H,11H2,1-3H3,(H,20,23)(H,22,24)/b21-12+. The summed E-state index contributed by atoms with van der Waals surface area (Å²) in [6.45, 7) is 0.215. The monoisotopic (exact) mass is 371 g/mol. The van der Waals surface area contributed by atoms with Gasteiger partial charge in [0.2, 0.25) is 0 Å². The van der Waals surface area contributed by atoms with Crippen molar-refractivity contribution in [2.45, 2.75) is 6.54 Å². The Hall–Kier alpha value is -3.55. The van der Waals surface area contributed by atoms with Crippen molar-refractivity contribution in [3.8, 4) is 17.2 Å². The minimum atomic E-state index is -0.868. The smallest absolute Gasteiger partial charge is 0.329 e. The molecular weight excluding hydrogens is 350 g/mol. The molecule has 2 aromatic rings. The molecule has 2 aromatic carbocycles. The van der Waals surface area contributed by atoms with Crippen LogP contribution in [0.4, 0.5) is 0 Å². The second kappa shape index (κ2) is 9.81. The molecule has 0 spiro atoms. The Morgan fingerprint density at radius 1 is 0.926 bits per heavy atom. The third-order valence-corrected chi connectivity index (χ3v) is 3.63. The molecule has 0 aromatic heterocycles. The van der Waals surface area contributed by atoms with Gasteiger partial charge in [0.25, 0.3) is 0 Å². The highest BCUT2D eigenvalue weighted by molar-refractivity contribution is 6.35. The van der Waals surface area contributed by atoms with Crippen LogP contribution in [0.3, 0.4) is 0 Å². The SMILES string of the molecule is COc1ccc(CNC(=O)C(=O)N/N=C/c2ccc(OC)cc2OC)cc1. The fraction of sp³-hybridized carbons (Fsp3) is 0.211. The molecule has 2 rings (SSSR count). The van der Waals surface area contributed by atoms with Crippen LogP contribution in [0, 0.1) is 0 Å². The molecule has 0 radical (unpaired) electrons. The van der Waals surface area contributed by atoms with Crippen LogP contribution >= 0.6 is 0 Å². The topological polar surface area (TPSA) is 98.2 Å². The molecule has 0 saturated carbocycles. The van der Waals surface area contributed by atoms with Crippen LogP contribution < -0.4 is 25.0 Å². The fourth-order valence-corrected chi connectivity index (χ4v) is 2.14. The van der Waals surface area contributed by atoms with Crippen LogP contribution in [0.2, 0.25) is 0 Å². The number of benzene rings is 2. The zero-order valence-electron chi connectivity index (χ0n) is 15.3. The summed E-state index contributed by atoms with van der Waals surface area (Å²) in [5.41, 5.74) is 3.64. The normalized spacial score (nSPS) is 10.3. The van der Waals surface area contributed by atoms with Gasteiger partial charge >= 0.3 is 11.8 Å². The number of ether oxygens (including phenoxy) is 3. The molecule has 0 unspecified atom stereocenters. The Balaban J connectivity index is 1.87. The zero-order chi connectivity index (χ0) is 19.6. The zero-order valence-corrected chi connectivity index (χ0v) is 15.3. The number of amides is 2. The maximum absolute atomic E-state index is 11.8. The first-order chi connectivity index (χ1) is 13.1. The summed E-state index contributed by atoms with van der Waals surface area (Å²) in [6.07, 6.45) is 1.38. The highest BCUT2D eigenvalue weighted by Crippen LogP contribution is 2.22. The van der Waals surface area contributed by atoms with Crippen molar-refractivity contribution in [2.75, 3.05) is 21.3 Å². The number of methoxy groups -OCH3 is 3. The van der Waals surface area contributed by atoms with Crippen LogP contribution in [0.5, 0.6) is 17.2 Å². The third kappa shape index (κ3) is 5.74. The third-order valence-electron chi connectivity index (χ3n) is 3.63. The van der Waals surface area contributed by atoms with Gasteiger partial charge in [0.15, 0.2) is 0 Å². The van der Waals surface area contributed by atoms with Crippen LogP contribution in [-0.4, -0.2) is 39.4 Å². The highest BCUT2D eigenvalue weighted by Gasteiger charge is 2.12. The van der Waals surface area contributed by atoms with Gasteiger partial charge in [0, 0.05) is 18.2 Å². The van der Waals surface area contributed by atoms with Crippen molar-refractivity contribution in [1.29, 1.82) is 0 Å². The van der Waals surface area contributed by atoms with Crippen molar-refractivity contribution in [3.63, 3.8) is 0 Å². The summed E-state index contributed by atoms with van der Waals surface area (Å²) in [7, 11) is 4.63. The molecule has 0 bridgehead atoms. The summed E-state index contributed by atoms with van der Waals surface area (Å²) >= 11 is 0. The Bertz CT molecular complexity index is 819. The summed E-state index contributed by atoms with van der Waals surface area (Å²) in [5.74, 6) is 0.213. The minimum Gasteiger partial charge on any atom is -0.497 e. The van der Waals surface area contributed by atoms with Gasteiger partial charge < -0.3 is 19.5 Å². The predicted octanol–water partition coefficient (Wildman–Crippen LogP) is 1.48. The first-order valence-electron chi connectivity index (χ1n) is 8.03. The number of hydrogen-bond acceptors (Lipinski definition) is 6. The second-order valence-corrected chi connectivity index (χ2v) is 5.34. The lowest BCUT2D eigenvalue weighted by atomic mass is 10.2.